The van der Waals surface area contributed by atoms with Crippen LogP contribution in [0.2, 0.25) is 0 Å². The minimum atomic E-state index is -0.329. The SMILES string of the molecule is O=C1C=CC(=O)N1.[Au].[Au].[Au].[Au].[Au].[Au].[Au].[Au].[Au].[Au].[Au]. The Morgan fingerprint density at radius 2 is 0.667 bits per heavy atom. The second-order valence-corrected chi connectivity index (χ2v) is 1.19. The Kier molecular flexibility index (Phi) is 202. The van der Waals surface area contributed by atoms with Crippen molar-refractivity contribution in [3.8, 4) is 0 Å². The topological polar surface area (TPSA) is 46.2 Å². The number of hydrogen-bond acceptors (Lipinski definition) is 2. The molecular weight excluding hydrogens is 2260 g/mol. The third kappa shape index (κ3) is 43.5. The van der Waals surface area contributed by atoms with Crippen LogP contribution in [0.1, 0.15) is 0 Å². The molecule has 1 aliphatic heterocycles. The average Bonchev–Trinajstić information content (AvgIpc) is 1.87. The van der Waals surface area contributed by atoms with Crippen LogP contribution in [0, 0.1) is 0 Å². The summed E-state index contributed by atoms with van der Waals surface area (Å²) in [4.78, 5) is 20.1. The first kappa shape index (κ1) is 73.4. The van der Waals surface area contributed by atoms with E-state index in [2.05, 4.69) is 0 Å². The van der Waals surface area contributed by atoms with Crippen LogP contribution >= 0.6 is 0 Å². The first-order chi connectivity index (χ1) is 3.29. The predicted molar refractivity (Wildman–Crippen MR) is 22.3 cm³/mol. The van der Waals surface area contributed by atoms with E-state index in [1.54, 1.807) is 0 Å². The number of rotatable bonds is 0. The first-order valence-corrected chi connectivity index (χ1v) is 1.82. The molecule has 11 radical (unpaired) electrons. The van der Waals surface area contributed by atoms with Gasteiger partial charge in [0.15, 0.2) is 0 Å². The van der Waals surface area contributed by atoms with Crippen molar-refractivity contribution < 1.29 is 256 Å². The van der Waals surface area contributed by atoms with Crippen LogP contribution in [0.4, 0.5) is 0 Å². The summed E-state index contributed by atoms with van der Waals surface area (Å²) >= 11 is 0. The van der Waals surface area contributed by atoms with Gasteiger partial charge in [0, 0.05) is 258 Å². The van der Waals surface area contributed by atoms with Crippen LogP contribution in [0.15, 0.2) is 12.2 Å². The fourth-order valence-electron chi connectivity index (χ4n) is 0.356. The van der Waals surface area contributed by atoms with Crippen molar-refractivity contribution >= 4 is 11.8 Å². The molecule has 18 heavy (non-hydrogen) atoms. The largest absolute Gasteiger partial charge is 0.289 e. The molecule has 157 valence electrons. The van der Waals surface area contributed by atoms with Gasteiger partial charge >= 0.3 is 0 Å². The fourth-order valence-corrected chi connectivity index (χ4v) is 0.356. The quantitative estimate of drug-likeness (QED) is 0.255. The van der Waals surface area contributed by atoms with E-state index in [4.69, 9.17) is 0 Å². The molecule has 0 aromatic heterocycles. The van der Waals surface area contributed by atoms with Gasteiger partial charge in [-0.15, -0.1) is 0 Å². The molecule has 14 heteroatoms. The summed E-state index contributed by atoms with van der Waals surface area (Å²) in [5.41, 5.74) is 0. The molecule has 1 heterocycles. The monoisotopic (exact) mass is 2260 g/mol. The number of carbonyl (C=O) groups excluding carboxylic acids is 2. The fraction of sp³-hybridized carbons (Fsp3) is 0. The Morgan fingerprint density at radius 1 is 0.500 bits per heavy atom. The Hall–Kier alpha value is 7.02. The van der Waals surface area contributed by atoms with Gasteiger partial charge in [-0.1, -0.05) is 0 Å². The maximum atomic E-state index is 10.0. The summed E-state index contributed by atoms with van der Waals surface area (Å²) < 4.78 is 0. The van der Waals surface area contributed by atoms with Gasteiger partial charge < -0.3 is 0 Å². The van der Waals surface area contributed by atoms with Crippen LogP contribution in [-0.4, -0.2) is 11.8 Å². The molecule has 2 amide bonds. The Bertz CT molecular complexity index is 149. The third-order valence-electron chi connectivity index (χ3n) is 0.632. The van der Waals surface area contributed by atoms with Gasteiger partial charge in [0.1, 0.15) is 0 Å². The molecule has 1 aliphatic rings. The number of nitrogens with one attached hydrogen (secondary N) is 1. The van der Waals surface area contributed by atoms with E-state index in [1.807, 2.05) is 5.32 Å². The van der Waals surface area contributed by atoms with Gasteiger partial charge in [-0.2, -0.15) is 0 Å². The number of amides is 2. The van der Waals surface area contributed by atoms with Gasteiger partial charge in [0.25, 0.3) is 11.8 Å². The van der Waals surface area contributed by atoms with Crippen LogP contribution in [-0.2, 0) is 256 Å². The Morgan fingerprint density at radius 3 is 0.722 bits per heavy atom. The van der Waals surface area contributed by atoms with E-state index in [0.29, 0.717) is 0 Å². The summed E-state index contributed by atoms with van der Waals surface area (Å²) in [6.07, 6.45) is 2.39. The molecule has 0 aromatic carbocycles. The second-order valence-electron chi connectivity index (χ2n) is 1.19. The molecule has 0 saturated carbocycles. The summed E-state index contributed by atoms with van der Waals surface area (Å²) in [5.74, 6) is -0.657. The van der Waals surface area contributed by atoms with E-state index in [1.165, 1.54) is 12.2 Å². The third-order valence-corrected chi connectivity index (χ3v) is 0.632. The normalized spacial score (nSPS) is 6.89. The van der Waals surface area contributed by atoms with Crippen molar-refractivity contribution in [2.75, 3.05) is 0 Å². The van der Waals surface area contributed by atoms with Crippen molar-refractivity contribution in [1.29, 1.82) is 0 Å². The van der Waals surface area contributed by atoms with Gasteiger partial charge in [-0.25, -0.2) is 0 Å². The standard InChI is InChI=1S/C4H3NO2.11Au/c6-3-1-2-4(7)5-3;;;;;;;;;;;/h1-2H,(H,5,6,7);;;;;;;;;;;. The molecule has 1 rings (SSSR count). The van der Waals surface area contributed by atoms with Gasteiger partial charge in [-0.3, -0.25) is 14.9 Å². The van der Waals surface area contributed by atoms with Crippen molar-refractivity contribution in [2.45, 2.75) is 0 Å². The zero-order chi connectivity index (χ0) is 5.28. The van der Waals surface area contributed by atoms with E-state index < -0.39 is 0 Å². The van der Waals surface area contributed by atoms with Crippen LogP contribution < -0.4 is 5.32 Å². The maximum absolute atomic E-state index is 10.0. The number of hydrogen-bond donors (Lipinski definition) is 1. The number of carbonyl (C=O) groups is 2. The second kappa shape index (κ2) is 49.6. The van der Waals surface area contributed by atoms with Crippen LogP contribution in [0.3, 0.4) is 0 Å². The molecule has 0 fully saturated rings. The molecule has 0 aromatic rings. The molecule has 0 unspecified atom stereocenters. The summed E-state index contributed by atoms with van der Waals surface area (Å²) in [6.45, 7) is 0. The van der Waals surface area contributed by atoms with Gasteiger partial charge in [-0.05, 0) is 0 Å². The Balaban J connectivity index is -0.00000000495. The van der Waals surface area contributed by atoms with Crippen LogP contribution in [0.5, 0.6) is 0 Å². The molecule has 0 atom stereocenters. The van der Waals surface area contributed by atoms with E-state index in [9.17, 15) is 9.59 Å². The molecule has 1 N–H and O–H groups in total. The molecular formula is C4H3Au11NO2. The summed E-state index contributed by atoms with van der Waals surface area (Å²) in [6, 6.07) is 0. The van der Waals surface area contributed by atoms with Crippen LogP contribution in [0.25, 0.3) is 0 Å². The minimum Gasteiger partial charge on any atom is -0.289 e. The molecule has 0 saturated heterocycles. The molecule has 0 spiro atoms. The number of imide groups is 1. The maximum Gasteiger partial charge on any atom is 0.250 e. The minimum absolute atomic E-state index is 0. The zero-order valence-electron chi connectivity index (χ0n) is 6.79. The van der Waals surface area contributed by atoms with Gasteiger partial charge in [0.2, 0.25) is 0 Å². The summed E-state index contributed by atoms with van der Waals surface area (Å²) in [5, 5.41) is 2.03. The summed E-state index contributed by atoms with van der Waals surface area (Å²) in [7, 11) is 0. The molecule has 0 bridgehead atoms. The van der Waals surface area contributed by atoms with E-state index in [-0.39, 0.29) is 258 Å². The zero-order valence-corrected chi connectivity index (χ0v) is 30.6. The van der Waals surface area contributed by atoms with Crippen molar-refractivity contribution in [2.24, 2.45) is 0 Å². The first-order valence-electron chi connectivity index (χ1n) is 1.82. The smallest absolute Gasteiger partial charge is 0.250 e. The van der Waals surface area contributed by atoms with E-state index >= 15 is 0 Å². The molecule has 3 nitrogen and oxygen atoms in total. The van der Waals surface area contributed by atoms with E-state index in [0.717, 1.165) is 0 Å². The van der Waals surface area contributed by atoms with Crippen molar-refractivity contribution in [3.63, 3.8) is 0 Å². The predicted octanol–water partition coefficient (Wildman–Crippen LogP) is -0.828. The molecule has 0 aliphatic carbocycles. The van der Waals surface area contributed by atoms with Gasteiger partial charge in [0.05, 0.1) is 0 Å². The average molecular weight is 2260 g/mol. The van der Waals surface area contributed by atoms with Crippen molar-refractivity contribution in [3.05, 3.63) is 12.2 Å². The Labute approximate surface area is 278 Å². The van der Waals surface area contributed by atoms with Crippen molar-refractivity contribution in [1.82, 2.24) is 5.32 Å².